The number of nitrogens with one attached hydrogen (secondary N) is 1. The van der Waals surface area contributed by atoms with Crippen molar-refractivity contribution in [3.63, 3.8) is 0 Å². The molecule has 0 atom stereocenters. The number of benzene rings is 1. The lowest BCUT2D eigenvalue weighted by Crippen LogP contribution is -2.26. The predicted octanol–water partition coefficient (Wildman–Crippen LogP) is 3.26. The standard InChI is InChI=1S/C15H19NO2/c1-11-2-6-13(7-3-11)15(18)16-14-8-4-12(10-17)5-9-14/h4-5,8-11,13H,2-3,6-7H2,1H3,(H,16,18). The lowest BCUT2D eigenvalue weighted by Gasteiger charge is -2.25. The van der Waals surface area contributed by atoms with Crippen LogP contribution in [0.3, 0.4) is 0 Å². The smallest absolute Gasteiger partial charge is 0.227 e. The minimum Gasteiger partial charge on any atom is -0.326 e. The van der Waals surface area contributed by atoms with Crippen LogP contribution in [0, 0.1) is 11.8 Å². The molecular weight excluding hydrogens is 226 g/mol. The van der Waals surface area contributed by atoms with E-state index in [1.165, 1.54) is 0 Å². The van der Waals surface area contributed by atoms with Gasteiger partial charge in [-0.2, -0.15) is 0 Å². The fourth-order valence-electron chi connectivity index (χ4n) is 2.41. The molecule has 0 spiro atoms. The van der Waals surface area contributed by atoms with Gasteiger partial charge in [0.05, 0.1) is 0 Å². The highest BCUT2D eigenvalue weighted by molar-refractivity contribution is 5.92. The van der Waals surface area contributed by atoms with Crippen molar-refractivity contribution in [1.29, 1.82) is 0 Å². The number of anilines is 1. The van der Waals surface area contributed by atoms with Crippen molar-refractivity contribution in [3.8, 4) is 0 Å². The average Bonchev–Trinajstić information content (AvgIpc) is 2.40. The molecule has 96 valence electrons. The maximum atomic E-state index is 12.0. The van der Waals surface area contributed by atoms with Crippen molar-refractivity contribution in [3.05, 3.63) is 29.8 Å². The first kappa shape index (κ1) is 12.8. The van der Waals surface area contributed by atoms with Gasteiger partial charge >= 0.3 is 0 Å². The van der Waals surface area contributed by atoms with Gasteiger partial charge < -0.3 is 5.32 Å². The Hall–Kier alpha value is -1.64. The van der Waals surface area contributed by atoms with Gasteiger partial charge in [0.25, 0.3) is 0 Å². The van der Waals surface area contributed by atoms with Crippen LogP contribution in [-0.4, -0.2) is 12.2 Å². The Labute approximate surface area is 108 Å². The van der Waals surface area contributed by atoms with E-state index in [1.54, 1.807) is 24.3 Å². The van der Waals surface area contributed by atoms with Crippen LogP contribution in [0.25, 0.3) is 0 Å². The third-order valence-corrected chi connectivity index (χ3v) is 3.70. The van der Waals surface area contributed by atoms with Gasteiger partial charge in [-0.1, -0.05) is 6.92 Å². The summed E-state index contributed by atoms with van der Waals surface area (Å²) in [6, 6.07) is 6.97. The normalized spacial score (nSPS) is 23.4. The number of carbonyl (C=O) groups excluding carboxylic acids is 2. The molecule has 0 heterocycles. The van der Waals surface area contributed by atoms with Crippen molar-refractivity contribution >= 4 is 17.9 Å². The first-order valence-corrected chi connectivity index (χ1v) is 6.55. The summed E-state index contributed by atoms with van der Waals surface area (Å²) < 4.78 is 0. The lowest BCUT2D eigenvalue weighted by atomic mass is 9.82. The van der Waals surface area contributed by atoms with Crippen molar-refractivity contribution < 1.29 is 9.59 Å². The molecule has 1 aliphatic rings. The number of aldehydes is 1. The monoisotopic (exact) mass is 245 g/mol. The van der Waals surface area contributed by atoms with Gasteiger partial charge in [0.1, 0.15) is 6.29 Å². The van der Waals surface area contributed by atoms with E-state index in [2.05, 4.69) is 12.2 Å². The second kappa shape index (κ2) is 5.80. The number of carbonyl (C=O) groups is 2. The lowest BCUT2D eigenvalue weighted by molar-refractivity contribution is -0.121. The van der Waals surface area contributed by atoms with E-state index in [9.17, 15) is 9.59 Å². The first-order chi connectivity index (χ1) is 8.69. The van der Waals surface area contributed by atoms with Crippen molar-refractivity contribution in [2.45, 2.75) is 32.6 Å². The van der Waals surface area contributed by atoms with E-state index >= 15 is 0 Å². The number of amides is 1. The molecule has 1 aliphatic carbocycles. The van der Waals surface area contributed by atoms with E-state index in [0.29, 0.717) is 5.56 Å². The number of rotatable bonds is 3. The van der Waals surface area contributed by atoms with Gasteiger partial charge in [0, 0.05) is 17.2 Å². The molecule has 1 fully saturated rings. The zero-order valence-corrected chi connectivity index (χ0v) is 10.7. The minimum absolute atomic E-state index is 0.112. The number of hydrogen-bond donors (Lipinski definition) is 1. The van der Waals surface area contributed by atoms with E-state index in [0.717, 1.165) is 43.6 Å². The summed E-state index contributed by atoms with van der Waals surface area (Å²) in [6.07, 6.45) is 5.05. The van der Waals surface area contributed by atoms with Crippen LogP contribution in [0.2, 0.25) is 0 Å². The second-order valence-electron chi connectivity index (χ2n) is 5.19. The topological polar surface area (TPSA) is 46.2 Å². The molecule has 0 aromatic heterocycles. The Morgan fingerprint density at radius 3 is 2.33 bits per heavy atom. The fourth-order valence-corrected chi connectivity index (χ4v) is 2.41. The SMILES string of the molecule is CC1CCC(C(=O)Nc2ccc(C=O)cc2)CC1. The molecule has 1 aromatic carbocycles. The average molecular weight is 245 g/mol. The zero-order chi connectivity index (χ0) is 13.0. The minimum atomic E-state index is 0.112. The van der Waals surface area contributed by atoms with E-state index < -0.39 is 0 Å². The summed E-state index contributed by atoms with van der Waals surface area (Å²) in [4.78, 5) is 22.6. The highest BCUT2D eigenvalue weighted by atomic mass is 16.1. The van der Waals surface area contributed by atoms with Gasteiger partial charge in [-0.3, -0.25) is 9.59 Å². The van der Waals surface area contributed by atoms with Gasteiger partial charge in [-0.05, 0) is 55.9 Å². The van der Waals surface area contributed by atoms with Crippen LogP contribution in [0.4, 0.5) is 5.69 Å². The third kappa shape index (κ3) is 3.19. The Balaban J connectivity index is 1.92. The largest absolute Gasteiger partial charge is 0.326 e. The van der Waals surface area contributed by atoms with Crippen molar-refractivity contribution in [2.75, 3.05) is 5.32 Å². The van der Waals surface area contributed by atoms with Crippen molar-refractivity contribution in [2.24, 2.45) is 11.8 Å². The zero-order valence-electron chi connectivity index (χ0n) is 10.7. The van der Waals surface area contributed by atoms with E-state index in [4.69, 9.17) is 0 Å². The molecular formula is C15H19NO2. The fraction of sp³-hybridized carbons (Fsp3) is 0.467. The summed E-state index contributed by atoms with van der Waals surface area (Å²) in [6.45, 7) is 2.24. The molecule has 1 aromatic rings. The molecule has 0 radical (unpaired) electrons. The summed E-state index contributed by atoms with van der Waals surface area (Å²) >= 11 is 0. The van der Waals surface area contributed by atoms with Gasteiger partial charge in [-0.15, -0.1) is 0 Å². The first-order valence-electron chi connectivity index (χ1n) is 6.55. The molecule has 3 nitrogen and oxygen atoms in total. The van der Waals surface area contributed by atoms with Crippen LogP contribution in [0.15, 0.2) is 24.3 Å². The van der Waals surface area contributed by atoms with Crippen LogP contribution in [0.5, 0.6) is 0 Å². The van der Waals surface area contributed by atoms with E-state index in [1.807, 2.05) is 0 Å². The Morgan fingerprint density at radius 2 is 1.78 bits per heavy atom. The molecule has 1 N–H and O–H groups in total. The number of hydrogen-bond acceptors (Lipinski definition) is 2. The van der Waals surface area contributed by atoms with Crippen LogP contribution in [0.1, 0.15) is 43.0 Å². The molecule has 0 saturated heterocycles. The molecule has 1 saturated carbocycles. The summed E-state index contributed by atoms with van der Waals surface area (Å²) in [5, 5.41) is 2.92. The maximum Gasteiger partial charge on any atom is 0.227 e. The highest BCUT2D eigenvalue weighted by Gasteiger charge is 2.24. The Morgan fingerprint density at radius 1 is 1.17 bits per heavy atom. The Kier molecular flexibility index (Phi) is 4.13. The summed E-state index contributed by atoms with van der Waals surface area (Å²) in [5.74, 6) is 1.01. The molecule has 18 heavy (non-hydrogen) atoms. The van der Waals surface area contributed by atoms with Gasteiger partial charge in [-0.25, -0.2) is 0 Å². The van der Waals surface area contributed by atoms with Crippen LogP contribution >= 0.6 is 0 Å². The van der Waals surface area contributed by atoms with Crippen LogP contribution in [-0.2, 0) is 4.79 Å². The second-order valence-corrected chi connectivity index (χ2v) is 5.19. The quantitative estimate of drug-likeness (QED) is 0.831. The van der Waals surface area contributed by atoms with Crippen molar-refractivity contribution in [1.82, 2.24) is 0 Å². The maximum absolute atomic E-state index is 12.0. The molecule has 2 rings (SSSR count). The molecule has 0 unspecified atom stereocenters. The summed E-state index contributed by atoms with van der Waals surface area (Å²) in [7, 11) is 0. The van der Waals surface area contributed by atoms with Gasteiger partial charge in [0.2, 0.25) is 5.91 Å². The molecule has 3 heteroatoms. The van der Waals surface area contributed by atoms with Gasteiger partial charge in [0.15, 0.2) is 0 Å². The Bertz CT molecular complexity index is 417. The molecule has 0 aliphatic heterocycles. The molecule has 0 bridgehead atoms. The highest BCUT2D eigenvalue weighted by Crippen LogP contribution is 2.29. The predicted molar refractivity (Wildman–Crippen MR) is 71.6 cm³/mol. The van der Waals surface area contributed by atoms with Crippen LogP contribution < -0.4 is 5.32 Å². The van der Waals surface area contributed by atoms with E-state index in [-0.39, 0.29) is 11.8 Å². The third-order valence-electron chi connectivity index (χ3n) is 3.70. The summed E-state index contributed by atoms with van der Waals surface area (Å²) in [5.41, 5.74) is 1.39. The molecule has 1 amide bonds.